The molecule has 0 heterocycles. The van der Waals surface area contributed by atoms with Gasteiger partial charge in [0.2, 0.25) is 0 Å². The first-order chi connectivity index (χ1) is 9.06. The van der Waals surface area contributed by atoms with Crippen molar-refractivity contribution in [1.29, 1.82) is 0 Å². The van der Waals surface area contributed by atoms with Crippen molar-refractivity contribution in [3.8, 4) is 0 Å². The number of ketones is 1. The minimum Gasteiger partial charge on any atom is -0.289 e. The molecule has 2 aromatic rings. The van der Waals surface area contributed by atoms with E-state index in [9.17, 15) is 9.18 Å². The smallest absolute Gasteiger partial charge is 0.185 e. The van der Waals surface area contributed by atoms with Crippen LogP contribution < -0.4 is 0 Å². The number of rotatable bonds is 3. The van der Waals surface area contributed by atoms with Crippen LogP contribution in [0.3, 0.4) is 0 Å². The monoisotopic (exact) mass is 274 g/mol. The molecule has 0 saturated carbocycles. The van der Waals surface area contributed by atoms with Gasteiger partial charge in [-0.3, -0.25) is 4.79 Å². The molecule has 2 rings (SSSR count). The molecule has 1 nitrogen and oxygen atoms in total. The van der Waals surface area contributed by atoms with Crippen molar-refractivity contribution >= 4 is 23.5 Å². The number of allylic oxidation sites excluding steroid dienone is 1. The molecule has 3 heteroatoms. The standard InChI is InChI=1S/C16H12ClFO/c1-11-2-6-13(7-3-11)16(19)9-5-12-4-8-15(18)14(17)10-12/h2-10H,1H3/b9-5+. The van der Waals surface area contributed by atoms with Gasteiger partial charge in [-0.1, -0.05) is 53.6 Å². The van der Waals surface area contributed by atoms with Crippen molar-refractivity contribution in [1.82, 2.24) is 0 Å². The topological polar surface area (TPSA) is 17.1 Å². The van der Waals surface area contributed by atoms with Crippen LogP contribution >= 0.6 is 11.6 Å². The van der Waals surface area contributed by atoms with Crippen molar-refractivity contribution in [3.05, 3.63) is 76.1 Å². The zero-order chi connectivity index (χ0) is 13.8. The van der Waals surface area contributed by atoms with Gasteiger partial charge in [0.05, 0.1) is 5.02 Å². The average molecular weight is 275 g/mol. The van der Waals surface area contributed by atoms with E-state index in [0.717, 1.165) is 5.56 Å². The Morgan fingerprint density at radius 1 is 1.16 bits per heavy atom. The average Bonchev–Trinajstić information content (AvgIpc) is 2.40. The van der Waals surface area contributed by atoms with Crippen LogP contribution in [0, 0.1) is 12.7 Å². The van der Waals surface area contributed by atoms with Crippen LogP contribution in [0.4, 0.5) is 4.39 Å². The van der Waals surface area contributed by atoms with Gasteiger partial charge in [0.25, 0.3) is 0 Å². The number of hydrogen-bond donors (Lipinski definition) is 0. The second-order valence-corrected chi connectivity index (χ2v) is 4.64. The lowest BCUT2D eigenvalue weighted by Gasteiger charge is -1.98. The molecule has 0 radical (unpaired) electrons. The second kappa shape index (κ2) is 5.81. The Bertz CT molecular complexity index is 630. The van der Waals surface area contributed by atoms with Gasteiger partial charge in [-0.25, -0.2) is 4.39 Å². The third-order valence-electron chi connectivity index (χ3n) is 2.71. The maximum absolute atomic E-state index is 13.0. The van der Waals surface area contributed by atoms with Gasteiger partial charge in [-0.05, 0) is 30.7 Å². The third kappa shape index (κ3) is 3.52. The molecule has 0 N–H and O–H groups in total. The van der Waals surface area contributed by atoms with Gasteiger partial charge in [0.15, 0.2) is 5.78 Å². The van der Waals surface area contributed by atoms with Crippen LogP contribution in [-0.2, 0) is 0 Å². The van der Waals surface area contributed by atoms with Crippen LogP contribution in [0.5, 0.6) is 0 Å². The van der Waals surface area contributed by atoms with E-state index in [4.69, 9.17) is 11.6 Å². The quantitative estimate of drug-likeness (QED) is 0.586. The van der Waals surface area contributed by atoms with E-state index in [0.29, 0.717) is 11.1 Å². The second-order valence-electron chi connectivity index (χ2n) is 4.24. The molecule has 0 amide bonds. The van der Waals surface area contributed by atoms with Gasteiger partial charge >= 0.3 is 0 Å². The molecule has 0 aliphatic carbocycles. The normalized spacial score (nSPS) is 10.9. The largest absolute Gasteiger partial charge is 0.289 e. The number of halogens is 2. The summed E-state index contributed by atoms with van der Waals surface area (Å²) in [6.45, 7) is 1.96. The van der Waals surface area contributed by atoms with E-state index in [2.05, 4.69) is 0 Å². The summed E-state index contributed by atoms with van der Waals surface area (Å²) in [7, 11) is 0. The van der Waals surface area contributed by atoms with E-state index in [-0.39, 0.29) is 10.8 Å². The fourth-order valence-corrected chi connectivity index (χ4v) is 1.79. The molecule has 0 atom stereocenters. The van der Waals surface area contributed by atoms with Gasteiger partial charge in [-0.2, -0.15) is 0 Å². The third-order valence-corrected chi connectivity index (χ3v) is 3.00. The first-order valence-electron chi connectivity index (χ1n) is 5.80. The molecule has 2 aromatic carbocycles. The molecule has 0 aromatic heterocycles. The summed E-state index contributed by atoms with van der Waals surface area (Å²) in [4.78, 5) is 11.9. The Labute approximate surface area is 116 Å². The van der Waals surface area contributed by atoms with E-state index in [1.54, 1.807) is 24.3 Å². The van der Waals surface area contributed by atoms with E-state index >= 15 is 0 Å². The molecule has 0 aliphatic heterocycles. The van der Waals surface area contributed by atoms with Crippen LogP contribution in [0.2, 0.25) is 5.02 Å². The number of carbonyl (C=O) groups excluding carboxylic acids is 1. The summed E-state index contributed by atoms with van der Waals surface area (Å²) in [6.07, 6.45) is 3.07. The molecule has 0 unspecified atom stereocenters. The maximum Gasteiger partial charge on any atom is 0.185 e. The number of benzene rings is 2. The highest BCUT2D eigenvalue weighted by atomic mass is 35.5. The molecular formula is C16H12ClFO. The first-order valence-corrected chi connectivity index (χ1v) is 6.18. The Kier molecular flexibility index (Phi) is 4.13. The molecule has 0 fully saturated rings. The van der Waals surface area contributed by atoms with E-state index < -0.39 is 5.82 Å². The summed E-state index contributed by atoms with van der Waals surface area (Å²) in [5.41, 5.74) is 2.41. The molecule has 96 valence electrons. The predicted molar refractivity (Wildman–Crippen MR) is 76.0 cm³/mol. The summed E-state index contributed by atoms with van der Waals surface area (Å²) in [5.74, 6) is -0.566. The van der Waals surface area contributed by atoms with Crippen molar-refractivity contribution in [3.63, 3.8) is 0 Å². The molecular weight excluding hydrogens is 263 g/mol. The molecule has 0 saturated heterocycles. The lowest BCUT2D eigenvalue weighted by molar-refractivity contribution is 0.104. The Morgan fingerprint density at radius 3 is 2.47 bits per heavy atom. The highest BCUT2D eigenvalue weighted by molar-refractivity contribution is 6.30. The molecule has 0 aliphatic rings. The minimum atomic E-state index is -0.469. The molecule has 19 heavy (non-hydrogen) atoms. The Morgan fingerprint density at radius 2 is 1.84 bits per heavy atom. The fourth-order valence-electron chi connectivity index (χ4n) is 1.60. The zero-order valence-electron chi connectivity index (χ0n) is 10.4. The van der Waals surface area contributed by atoms with Crippen molar-refractivity contribution < 1.29 is 9.18 Å². The van der Waals surface area contributed by atoms with Crippen molar-refractivity contribution in [2.45, 2.75) is 6.92 Å². The van der Waals surface area contributed by atoms with Gasteiger partial charge in [-0.15, -0.1) is 0 Å². The molecule has 0 spiro atoms. The van der Waals surface area contributed by atoms with Crippen LogP contribution in [0.1, 0.15) is 21.5 Å². The Balaban J connectivity index is 2.15. The lowest BCUT2D eigenvalue weighted by atomic mass is 10.1. The maximum atomic E-state index is 13.0. The van der Waals surface area contributed by atoms with Crippen LogP contribution in [0.15, 0.2) is 48.5 Å². The highest BCUT2D eigenvalue weighted by Crippen LogP contribution is 2.17. The van der Waals surface area contributed by atoms with Crippen molar-refractivity contribution in [2.75, 3.05) is 0 Å². The minimum absolute atomic E-state index is 0.0462. The van der Waals surface area contributed by atoms with Crippen molar-refractivity contribution in [2.24, 2.45) is 0 Å². The van der Waals surface area contributed by atoms with Crippen LogP contribution in [-0.4, -0.2) is 5.78 Å². The van der Waals surface area contributed by atoms with E-state index in [1.165, 1.54) is 18.2 Å². The van der Waals surface area contributed by atoms with Gasteiger partial charge < -0.3 is 0 Å². The highest BCUT2D eigenvalue weighted by Gasteiger charge is 2.02. The number of hydrogen-bond acceptors (Lipinski definition) is 1. The lowest BCUT2D eigenvalue weighted by Crippen LogP contribution is -1.93. The fraction of sp³-hybridized carbons (Fsp3) is 0.0625. The predicted octanol–water partition coefficient (Wildman–Crippen LogP) is 4.68. The summed E-state index contributed by atoms with van der Waals surface area (Å²) >= 11 is 5.67. The van der Waals surface area contributed by atoms with E-state index in [1.807, 2.05) is 19.1 Å². The number of aryl methyl sites for hydroxylation is 1. The Hall–Kier alpha value is -1.93. The SMILES string of the molecule is Cc1ccc(C(=O)/C=C/c2ccc(F)c(Cl)c2)cc1. The zero-order valence-corrected chi connectivity index (χ0v) is 11.1. The molecule has 0 bridgehead atoms. The first kappa shape index (κ1) is 13.5. The van der Waals surface area contributed by atoms with Gasteiger partial charge in [0.1, 0.15) is 5.82 Å². The summed E-state index contributed by atoms with van der Waals surface area (Å²) in [5, 5.41) is 0.0462. The summed E-state index contributed by atoms with van der Waals surface area (Å²) < 4.78 is 13.0. The summed E-state index contributed by atoms with van der Waals surface area (Å²) in [6, 6.07) is 11.7. The van der Waals surface area contributed by atoms with Crippen LogP contribution in [0.25, 0.3) is 6.08 Å². The van der Waals surface area contributed by atoms with Gasteiger partial charge in [0, 0.05) is 5.56 Å². The number of carbonyl (C=O) groups is 1.